The van der Waals surface area contributed by atoms with Crippen molar-refractivity contribution in [1.29, 1.82) is 0 Å². The minimum absolute atomic E-state index is 0.0974. The van der Waals surface area contributed by atoms with E-state index in [1.54, 1.807) is 6.92 Å². The largest absolute Gasteiger partial charge is 0.484 e. The van der Waals surface area contributed by atoms with Gasteiger partial charge >= 0.3 is 11.9 Å². The van der Waals surface area contributed by atoms with Crippen molar-refractivity contribution in [2.75, 3.05) is 19.8 Å². The number of hydrogen-bond acceptors (Lipinski definition) is 7. The third-order valence-electron chi connectivity index (χ3n) is 4.13. The first-order valence-corrected chi connectivity index (χ1v) is 10.1. The fourth-order valence-corrected chi connectivity index (χ4v) is 2.50. The van der Waals surface area contributed by atoms with Crippen LogP contribution in [0.5, 0.6) is 5.75 Å². The summed E-state index contributed by atoms with van der Waals surface area (Å²) in [5.41, 5.74) is 5.83. The highest BCUT2D eigenvalue weighted by Gasteiger charge is 2.10. The van der Waals surface area contributed by atoms with E-state index >= 15 is 0 Å². The maximum atomic E-state index is 11.8. The van der Waals surface area contributed by atoms with Crippen LogP contribution in [0.2, 0.25) is 0 Å². The number of hydrogen-bond donors (Lipinski definition) is 2. The van der Waals surface area contributed by atoms with E-state index in [0.29, 0.717) is 17.7 Å². The van der Waals surface area contributed by atoms with Gasteiger partial charge in [0.05, 0.1) is 25.2 Å². The van der Waals surface area contributed by atoms with Crippen molar-refractivity contribution in [1.82, 2.24) is 10.9 Å². The summed E-state index contributed by atoms with van der Waals surface area (Å²) in [4.78, 5) is 46.8. The average molecular weight is 442 g/mol. The number of ether oxygens (including phenoxy) is 3. The molecular weight excluding hydrogens is 416 g/mol. The Labute approximate surface area is 186 Å². The molecule has 0 aromatic heterocycles. The number of hydrazine groups is 1. The molecule has 0 spiro atoms. The topological polar surface area (TPSA) is 120 Å². The highest BCUT2D eigenvalue weighted by atomic mass is 16.5. The van der Waals surface area contributed by atoms with E-state index in [1.165, 1.54) is 24.3 Å². The summed E-state index contributed by atoms with van der Waals surface area (Å²) in [7, 11) is 0. The molecule has 0 aliphatic carbocycles. The van der Waals surface area contributed by atoms with Crippen molar-refractivity contribution < 1.29 is 33.4 Å². The highest BCUT2D eigenvalue weighted by molar-refractivity contribution is 5.89. The molecule has 0 heterocycles. The van der Waals surface area contributed by atoms with Gasteiger partial charge in [0.2, 0.25) is 5.91 Å². The lowest BCUT2D eigenvalue weighted by Gasteiger charge is -2.09. The standard InChI is InChI=1S/C23H26N2O7/c1-2-30-23(29)18-8-10-19(11-9-18)32-16-21(27)25-24-20(26)12-13-22(28)31-15-14-17-6-4-3-5-7-17/h3-11H,2,12-16H2,1H3,(H,24,26)(H,25,27). The summed E-state index contributed by atoms with van der Waals surface area (Å²) < 4.78 is 15.3. The Balaban J connectivity index is 1.57. The smallest absolute Gasteiger partial charge is 0.338 e. The average Bonchev–Trinajstić information content (AvgIpc) is 2.81. The molecule has 0 unspecified atom stereocenters. The van der Waals surface area contributed by atoms with E-state index in [1.807, 2.05) is 30.3 Å². The molecule has 2 rings (SSSR count). The van der Waals surface area contributed by atoms with E-state index in [4.69, 9.17) is 14.2 Å². The van der Waals surface area contributed by atoms with E-state index in [0.717, 1.165) is 5.56 Å². The van der Waals surface area contributed by atoms with Crippen molar-refractivity contribution in [3.63, 3.8) is 0 Å². The van der Waals surface area contributed by atoms with Gasteiger partial charge < -0.3 is 14.2 Å². The molecule has 2 N–H and O–H groups in total. The molecule has 170 valence electrons. The van der Waals surface area contributed by atoms with Crippen LogP contribution in [0.1, 0.15) is 35.7 Å². The molecule has 9 nitrogen and oxygen atoms in total. The highest BCUT2D eigenvalue weighted by Crippen LogP contribution is 2.12. The summed E-state index contributed by atoms with van der Waals surface area (Å²) in [5.74, 6) is -1.68. The molecule has 2 amide bonds. The zero-order valence-electron chi connectivity index (χ0n) is 17.8. The van der Waals surface area contributed by atoms with Gasteiger partial charge in [0.25, 0.3) is 5.91 Å². The normalized spacial score (nSPS) is 10.0. The van der Waals surface area contributed by atoms with Crippen molar-refractivity contribution in [2.24, 2.45) is 0 Å². The fraction of sp³-hybridized carbons (Fsp3) is 0.304. The molecule has 0 atom stereocenters. The minimum atomic E-state index is -0.585. The molecule has 2 aromatic rings. The summed E-state index contributed by atoms with van der Waals surface area (Å²) >= 11 is 0. The van der Waals surface area contributed by atoms with Crippen molar-refractivity contribution >= 4 is 23.8 Å². The second-order valence-corrected chi connectivity index (χ2v) is 6.59. The predicted octanol–water partition coefficient (Wildman–Crippen LogP) is 1.96. The van der Waals surface area contributed by atoms with E-state index in [-0.39, 0.29) is 32.7 Å². The number of carbonyl (C=O) groups is 4. The molecule has 2 aromatic carbocycles. The van der Waals surface area contributed by atoms with Crippen LogP contribution in [0.3, 0.4) is 0 Å². The number of esters is 2. The minimum Gasteiger partial charge on any atom is -0.484 e. The number of benzene rings is 2. The van der Waals surface area contributed by atoms with Gasteiger partial charge in [-0.1, -0.05) is 30.3 Å². The first-order chi connectivity index (χ1) is 15.5. The maximum Gasteiger partial charge on any atom is 0.338 e. The van der Waals surface area contributed by atoms with Crippen LogP contribution < -0.4 is 15.6 Å². The number of rotatable bonds is 11. The Morgan fingerprint density at radius 1 is 0.812 bits per heavy atom. The van der Waals surface area contributed by atoms with Gasteiger partial charge in [-0.2, -0.15) is 0 Å². The molecular formula is C23H26N2O7. The first-order valence-electron chi connectivity index (χ1n) is 10.1. The van der Waals surface area contributed by atoms with Crippen LogP contribution in [0.15, 0.2) is 54.6 Å². The molecule has 0 fully saturated rings. The van der Waals surface area contributed by atoms with Crippen LogP contribution in [0, 0.1) is 0 Å². The van der Waals surface area contributed by atoms with Crippen molar-refractivity contribution in [3.05, 3.63) is 65.7 Å². The molecule has 0 saturated heterocycles. The summed E-state index contributed by atoms with van der Waals surface area (Å²) in [6, 6.07) is 15.7. The van der Waals surface area contributed by atoms with E-state index < -0.39 is 23.8 Å². The number of carbonyl (C=O) groups excluding carboxylic acids is 4. The SMILES string of the molecule is CCOC(=O)c1ccc(OCC(=O)NNC(=O)CCC(=O)OCCc2ccccc2)cc1. The third kappa shape index (κ3) is 9.29. The van der Waals surface area contributed by atoms with Crippen molar-refractivity contribution in [3.8, 4) is 5.75 Å². The Kier molecular flexibility index (Phi) is 10.2. The Bertz CT molecular complexity index is 898. The van der Waals surface area contributed by atoms with Crippen LogP contribution in [0.4, 0.5) is 0 Å². The zero-order chi connectivity index (χ0) is 23.2. The molecule has 0 radical (unpaired) electrons. The Morgan fingerprint density at radius 2 is 1.50 bits per heavy atom. The summed E-state index contributed by atoms with van der Waals surface area (Å²) in [6.07, 6.45) is 0.376. The van der Waals surface area contributed by atoms with E-state index in [9.17, 15) is 19.2 Å². The molecule has 0 aliphatic rings. The fourth-order valence-electron chi connectivity index (χ4n) is 2.50. The maximum absolute atomic E-state index is 11.8. The van der Waals surface area contributed by atoms with Gasteiger partial charge in [-0.3, -0.25) is 25.2 Å². The van der Waals surface area contributed by atoms with Gasteiger partial charge in [0, 0.05) is 12.8 Å². The van der Waals surface area contributed by atoms with Gasteiger partial charge in [-0.25, -0.2) is 4.79 Å². The summed E-state index contributed by atoms with van der Waals surface area (Å²) in [6.45, 7) is 1.88. The zero-order valence-corrected chi connectivity index (χ0v) is 17.8. The Morgan fingerprint density at radius 3 is 2.19 bits per heavy atom. The monoisotopic (exact) mass is 442 g/mol. The van der Waals surface area contributed by atoms with Gasteiger partial charge in [-0.05, 0) is 36.8 Å². The van der Waals surface area contributed by atoms with Gasteiger partial charge in [0.1, 0.15) is 5.75 Å². The molecule has 9 heteroatoms. The third-order valence-corrected chi connectivity index (χ3v) is 4.13. The number of nitrogens with one attached hydrogen (secondary N) is 2. The van der Waals surface area contributed by atoms with Gasteiger partial charge in [0.15, 0.2) is 6.61 Å². The molecule has 0 saturated carbocycles. The van der Waals surface area contributed by atoms with Crippen LogP contribution in [-0.2, 0) is 30.3 Å². The second kappa shape index (κ2) is 13.4. The van der Waals surface area contributed by atoms with Crippen LogP contribution >= 0.6 is 0 Å². The molecule has 0 bridgehead atoms. The first kappa shape index (κ1) is 24.4. The second-order valence-electron chi connectivity index (χ2n) is 6.59. The van der Waals surface area contributed by atoms with E-state index in [2.05, 4.69) is 10.9 Å². The van der Waals surface area contributed by atoms with Gasteiger partial charge in [-0.15, -0.1) is 0 Å². The molecule has 0 aliphatic heterocycles. The number of amides is 2. The Hall–Kier alpha value is -3.88. The van der Waals surface area contributed by atoms with Crippen LogP contribution in [0.25, 0.3) is 0 Å². The predicted molar refractivity (Wildman–Crippen MR) is 115 cm³/mol. The quantitative estimate of drug-likeness (QED) is 0.403. The lowest BCUT2D eigenvalue weighted by molar-refractivity contribution is -0.145. The molecule has 32 heavy (non-hydrogen) atoms. The van der Waals surface area contributed by atoms with Crippen molar-refractivity contribution in [2.45, 2.75) is 26.2 Å². The van der Waals surface area contributed by atoms with Crippen LogP contribution in [-0.4, -0.2) is 43.6 Å². The lowest BCUT2D eigenvalue weighted by Crippen LogP contribution is -2.43. The summed E-state index contributed by atoms with van der Waals surface area (Å²) in [5, 5.41) is 0. The lowest BCUT2D eigenvalue weighted by atomic mass is 10.2.